The number of imide groups is 1. The number of carbonyl (C=O) groups is 5. The molecule has 0 aromatic heterocycles. The predicted molar refractivity (Wildman–Crippen MR) is 190 cm³/mol. The van der Waals surface area contributed by atoms with Crippen LogP contribution < -0.4 is 19.3 Å². The highest BCUT2D eigenvalue weighted by Crippen LogP contribution is 2.39. The molecule has 13 heteroatoms. The van der Waals surface area contributed by atoms with Gasteiger partial charge in [-0.25, -0.2) is 9.69 Å². The van der Waals surface area contributed by atoms with Crippen LogP contribution in [0.4, 0.5) is 21.9 Å². The Morgan fingerprint density at radius 2 is 1.62 bits per heavy atom. The van der Waals surface area contributed by atoms with Gasteiger partial charge in [0.05, 0.1) is 18.4 Å². The molecule has 0 spiro atoms. The molecule has 1 aliphatic heterocycles. The molecule has 48 heavy (non-hydrogen) atoms. The Balaban J connectivity index is 1.93. The Bertz CT molecular complexity index is 1530. The van der Waals surface area contributed by atoms with Crippen molar-refractivity contribution in [1.82, 2.24) is 4.90 Å². The van der Waals surface area contributed by atoms with Crippen LogP contribution >= 0.6 is 10.7 Å². The number of methoxy groups -OCH3 is 1. The Hall–Kier alpha value is -4.39. The van der Waals surface area contributed by atoms with E-state index in [1.165, 1.54) is 12.0 Å². The molecule has 12 nitrogen and oxygen atoms in total. The number of urea groups is 1. The lowest BCUT2D eigenvalue weighted by Crippen LogP contribution is -2.53. The van der Waals surface area contributed by atoms with Gasteiger partial charge in [-0.1, -0.05) is 45.3 Å². The number of esters is 2. The smallest absolute Gasteiger partial charge is 0.333 e. The van der Waals surface area contributed by atoms with Crippen molar-refractivity contribution in [2.75, 3.05) is 47.9 Å². The average Bonchev–Trinajstić information content (AvgIpc) is 3.04. The van der Waals surface area contributed by atoms with Crippen LogP contribution in [0.15, 0.2) is 36.4 Å². The van der Waals surface area contributed by atoms with Gasteiger partial charge in [0.2, 0.25) is 5.91 Å². The number of hydrogen-bond donors (Lipinski definition) is 1. The van der Waals surface area contributed by atoms with Gasteiger partial charge in [0.25, 0.3) is 5.91 Å². The number of anilines is 3. The minimum Gasteiger partial charge on any atom is -0.496 e. The van der Waals surface area contributed by atoms with E-state index in [0.717, 1.165) is 10.6 Å². The average molecular weight is 685 g/mol. The third-order valence-electron chi connectivity index (χ3n) is 7.66. The highest BCUT2D eigenvalue weighted by molar-refractivity contribution is 8.15. The first kappa shape index (κ1) is 38.1. The van der Waals surface area contributed by atoms with E-state index in [9.17, 15) is 24.0 Å². The van der Waals surface area contributed by atoms with E-state index in [-0.39, 0.29) is 48.3 Å². The van der Waals surface area contributed by atoms with Crippen LogP contribution in [0.3, 0.4) is 0 Å². The Kier molecular flexibility index (Phi) is 13.6. The number of rotatable bonds is 14. The summed E-state index contributed by atoms with van der Waals surface area (Å²) in [6.07, 6.45) is 3.86. The summed E-state index contributed by atoms with van der Waals surface area (Å²) < 4.78 is 18.4. The Morgan fingerprint density at radius 3 is 2.19 bits per heavy atom. The van der Waals surface area contributed by atoms with E-state index in [0.29, 0.717) is 42.0 Å². The van der Waals surface area contributed by atoms with E-state index in [2.05, 4.69) is 5.32 Å². The summed E-state index contributed by atoms with van der Waals surface area (Å²) in [5.41, 5.74) is 2.15. The molecule has 2 aromatic rings. The zero-order chi connectivity index (χ0) is 35.6. The highest BCUT2D eigenvalue weighted by atomic mass is 32.2. The second kappa shape index (κ2) is 17.1. The number of hydrogen-bond acceptors (Lipinski definition) is 9. The van der Waals surface area contributed by atoms with Crippen molar-refractivity contribution in [2.24, 2.45) is 0 Å². The van der Waals surface area contributed by atoms with E-state index in [1.54, 1.807) is 24.3 Å². The quantitative estimate of drug-likeness (QED) is 0.135. The molecule has 0 bridgehead atoms. The lowest BCUT2D eigenvalue weighted by Gasteiger charge is -2.35. The minimum absolute atomic E-state index is 0.0195. The van der Waals surface area contributed by atoms with Crippen molar-refractivity contribution in [3.05, 3.63) is 47.5 Å². The van der Waals surface area contributed by atoms with Crippen molar-refractivity contribution in [1.29, 1.82) is 0 Å². The van der Waals surface area contributed by atoms with E-state index < -0.39 is 36.0 Å². The fraction of sp³-hybridized carbons (Fsp3) is 0.486. The lowest BCUT2D eigenvalue weighted by molar-refractivity contribution is -0.150. The van der Waals surface area contributed by atoms with Gasteiger partial charge in [-0.05, 0) is 73.2 Å². The molecule has 1 heterocycles. The molecule has 1 aliphatic rings. The molecule has 1 saturated heterocycles. The maximum atomic E-state index is 13.9. The highest BCUT2D eigenvalue weighted by Gasteiger charge is 2.35. The van der Waals surface area contributed by atoms with Crippen molar-refractivity contribution in [3.63, 3.8) is 0 Å². The zero-order valence-electron chi connectivity index (χ0n) is 29.2. The molecule has 2 aromatic carbocycles. The third kappa shape index (κ3) is 9.59. The molecule has 1 atom stereocenters. The Morgan fingerprint density at radius 1 is 1.00 bits per heavy atom. The molecular weight excluding hydrogens is 636 g/mol. The second-order valence-corrected chi connectivity index (χ2v) is 14.2. The third-order valence-corrected chi connectivity index (χ3v) is 9.36. The fourth-order valence-corrected chi connectivity index (χ4v) is 5.88. The molecular formula is C35H48N4O8S. The summed E-state index contributed by atoms with van der Waals surface area (Å²) >= 11 is 0. The molecule has 0 saturated carbocycles. The number of amides is 4. The normalized spacial score (nSPS) is 14.1. The van der Waals surface area contributed by atoms with Crippen molar-refractivity contribution in [3.8, 4) is 5.75 Å². The van der Waals surface area contributed by atoms with Gasteiger partial charge in [0.15, 0.2) is 13.5 Å². The molecule has 3 rings (SSSR count). The van der Waals surface area contributed by atoms with Crippen LogP contribution in [0.2, 0.25) is 0 Å². The van der Waals surface area contributed by atoms with Crippen molar-refractivity contribution in [2.45, 2.75) is 79.1 Å². The van der Waals surface area contributed by atoms with E-state index >= 15 is 0 Å². The summed E-state index contributed by atoms with van der Waals surface area (Å²) in [6, 6.07) is 9.92. The van der Waals surface area contributed by atoms with Crippen LogP contribution in [0.25, 0.3) is 0 Å². The van der Waals surface area contributed by atoms with Crippen LogP contribution in [0, 0.1) is 0 Å². The number of nitrogens with zero attached hydrogens (tertiary/aromatic N) is 3. The van der Waals surface area contributed by atoms with Gasteiger partial charge in [-0.2, -0.15) is 0 Å². The van der Waals surface area contributed by atoms with Crippen molar-refractivity contribution >= 4 is 62.9 Å². The largest absolute Gasteiger partial charge is 0.496 e. The van der Waals surface area contributed by atoms with Crippen LogP contribution in [0.1, 0.15) is 89.6 Å². The first-order valence-electron chi connectivity index (χ1n) is 16.0. The lowest BCUT2D eigenvalue weighted by atomic mass is 9.84. The number of carbonyl (C=O) groups excluding carboxylic acids is 5. The van der Waals surface area contributed by atoms with Crippen LogP contribution in [0.5, 0.6) is 5.75 Å². The van der Waals surface area contributed by atoms with Gasteiger partial charge in [0.1, 0.15) is 5.75 Å². The molecule has 1 unspecified atom stereocenters. The van der Waals surface area contributed by atoms with E-state index in [1.807, 2.05) is 69.6 Å². The fourth-order valence-electron chi connectivity index (χ4n) is 4.95. The topological polar surface area (TPSA) is 135 Å². The van der Waals surface area contributed by atoms with Crippen LogP contribution in [-0.2, 0) is 29.3 Å². The first-order valence-corrected chi connectivity index (χ1v) is 17.7. The predicted octanol–water partition coefficient (Wildman–Crippen LogP) is 6.45. The molecule has 262 valence electrons. The molecule has 4 amide bonds. The first-order chi connectivity index (χ1) is 22.7. The maximum Gasteiger partial charge on any atom is 0.333 e. The molecule has 0 aliphatic carbocycles. The van der Waals surface area contributed by atoms with Gasteiger partial charge in [-0.15, -0.1) is 0 Å². The van der Waals surface area contributed by atoms with Gasteiger partial charge < -0.3 is 19.5 Å². The van der Waals surface area contributed by atoms with Gasteiger partial charge in [-0.3, -0.25) is 28.4 Å². The van der Waals surface area contributed by atoms with Gasteiger partial charge in [0, 0.05) is 42.7 Å². The standard InChI is InChI=1S/C35H48N4O8S/c1-9-12-30(41)46-22-38-29(40)18-19-37(34(38)44)26-20-27(32(45-7)28(21-26)35(4,5)6)33(43)36-24-14-16-25(17-15-24)39(48(8)11-3)23-47-31(42)13-10-2/h11,14-17,20-21H,9-10,12-13,18-19,22-23H2,1-8H3,(H,36,43). The van der Waals surface area contributed by atoms with Crippen molar-refractivity contribution < 1.29 is 38.2 Å². The zero-order valence-corrected chi connectivity index (χ0v) is 30.0. The summed E-state index contributed by atoms with van der Waals surface area (Å²) in [4.78, 5) is 66.3. The molecule has 0 radical (unpaired) electrons. The minimum atomic E-state index is -0.647. The maximum absolute atomic E-state index is 13.9. The molecule has 1 N–H and O–H groups in total. The van der Waals surface area contributed by atoms with E-state index in [4.69, 9.17) is 14.2 Å². The van der Waals surface area contributed by atoms with Gasteiger partial charge >= 0.3 is 18.0 Å². The Labute approximate surface area is 285 Å². The number of nitrogens with one attached hydrogen (secondary N) is 1. The summed E-state index contributed by atoms with van der Waals surface area (Å²) in [7, 11) is 1.17. The van der Waals surface area contributed by atoms with Crippen LogP contribution in [-0.4, -0.2) is 73.4 Å². The SMILES string of the molecule is C/C=S(/C)N(COC(=O)CCC)c1ccc(NC(=O)c2cc(N3CCC(=O)N(COC(=O)CCC)C3=O)cc(C(C)(C)C)c2OC)cc1. The summed E-state index contributed by atoms with van der Waals surface area (Å²) in [5.74, 6) is -1.30. The second-order valence-electron chi connectivity index (χ2n) is 12.3. The summed E-state index contributed by atoms with van der Waals surface area (Å²) in [6.45, 7) is 11.3. The number of ether oxygens (including phenoxy) is 3. The monoisotopic (exact) mass is 684 g/mol. The molecule has 1 fully saturated rings. The number of benzene rings is 2. The summed E-state index contributed by atoms with van der Waals surface area (Å²) in [5, 5.41) is 4.96.